The Hall–Kier alpha value is -4.63. The number of hydrogen-bond donors (Lipinski definition) is 1. The van der Waals surface area contributed by atoms with E-state index in [-0.39, 0.29) is 23.4 Å². The standard InChI is InChI=1S/C36H41N3O5S/c1-6-34(36(41)37-26(2)3)38(24-29-13-11-10-12-28(29)5)35(40)25-39(45(42,43)33-22-16-27(4)17-23-33)30-18-20-32(21-19-30)44-31-14-8-7-9-15-31/h7-23,26,34H,6,24-25H2,1-5H3,(H,37,41)/t34-/m0/s1. The molecule has 0 saturated carbocycles. The van der Waals surface area contributed by atoms with Crippen molar-refractivity contribution < 1.29 is 22.7 Å². The predicted molar refractivity (Wildman–Crippen MR) is 178 cm³/mol. The second-order valence-electron chi connectivity index (χ2n) is 11.3. The van der Waals surface area contributed by atoms with Crippen LogP contribution < -0.4 is 14.4 Å². The second-order valence-corrected chi connectivity index (χ2v) is 13.1. The number of hydrogen-bond acceptors (Lipinski definition) is 5. The van der Waals surface area contributed by atoms with E-state index in [1.165, 1.54) is 17.0 Å². The summed E-state index contributed by atoms with van der Waals surface area (Å²) in [6.07, 6.45) is 0.354. The number of rotatable bonds is 13. The fourth-order valence-corrected chi connectivity index (χ4v) is 6.36. The molecule has 0 aliphatic heterocycles. The van der Waals surface area contributed by atoms with Gasteiger partial charge in [0.2, 0.25) is 11.8 Å². The van der Waals surface area contributed by atoms with Crippen molar-refractivity contribution in [2.24, 2.45) is 0 Å². The molecule has 4 rings (SSSR count). The molecule has 0 unspecified atom stereocenters. The molecule has 0 fully saturated rings. The number of nitrogens with zero attached hydrogens (tertiary/aromatic N) is 2. The van der Waals surface area contributed by atoms with E-state index in [1.807, 2.05) is 89.2 Å². The summed E-state index contributed by atoms with van der Waals surface area (Å²) in [5.41, 5.74) is 3.04. The van der Waals surface area contributed by atoms with Crippen molar-refractivity contribution in [1.29, 1.82) is 0 Å². The number of benzene rings is 4. The lowest BCUT2D eigenvalue weighted by Crippen LogP contribution is -2.53. The maximum Gasteiger partial charge on any atom is 0.264 e. The number of anilines is 1. The molecule has 236 valence electrons. The molecular weight excluding hydrogens is 586 g/mol. The first-order chi connectivity index (χ1) is 21.5. The van der Waals surface area contributed by atoms with Crippen LogP contribution in [-0.4, -0.2) is 43.8 Å². The van der Waals surface area contributed by atoms with Crippen LogP contribution in [0.1, 0.15) is 43.9 Å². The van der Waals surface area contributed by atoms with Gasteiger partial charge in [-0.25, -0.2) is 8.42 Å². The Morgan fingerprint density at radius 2 is 1.40 bits per heavy atom. The van der Waals surface area contributed by atoms with E-state index in [9.17, 15) is 18.0 Å². The lowest BCUT2D eigenvalue weighted by atomic mass is 10.1. The summed E-state index contributed by atoms with van der Waals surface area (Å²) in [4.78, 5) is 29.2. The minimum absolute atomic E-state index is 0.0561. The highest BCUT2D eigenvalue weighted by Gasteiger charge is 2.34. The third-order valence-corrected chi connectivity index (χ3v) is 9.20. The van der Waals surface area contributed by atoms with E-state index in [0.717, 1.165) is 21.0 Å². The van der Waals surface area contributed by atoms with E-state index >= 15 is 0 Å². The summed E-state index contributed by atoms with van der Waals surface area (Å²) in [7, 11) is -4.18. The number of aryl methyl sites for hydroxylation is 2. The predicted octanol–water partition coefficient (Wildman–Crippen LogP) is 6.62. The first-order valence-electron chi connectivity index (χ1n) is 15.1. The third-order valence-electron chi connectivity index (χ3n) is 7.41. The molecule has 45 heavy (non-hydrogen) atoms. The molecule has 1 atom stereocenters. The summed E-state index contributed by atoms with van der Waals surface area (Å²) in [6.45, 7) is 9.03. The Morgan fingerprint density at radius 3 is 2.00 bits per heavy atom. The first-order valence-corrected chi connectivity index (χ1v) is 16.5. The molecule has 1 N–H and O–H groups in total. The normalized spacial score (nSPS) is 12.0. The quantitative estimate of drug-likeness (QED) is 0.180. The summed E-state index contributed by atoms with van der Waals surface area (Å²) in [6, 6.07) is 29.0. The molecule has 8 nitrogen and oxygen atoms in total. The van der Waals surface area contributed by atoms with Crippen LogP contribution in [0.25, 0.3) is 0 Å². The fourth-order valence-electron chi connectivity index (χ4n) is 4.94. The van der Waals surface area contributed by atoms with E-state index in [4.69, 9.17) is 4.74 Å². The van der Waals surface area contributed by atoms with Gasteiger partial charge >= 0.3 is 0 Å². The van der Waals surface area contributed by atoms with E-state index in [1.54, 1.807) is 36.4 Å². The highest BCUT2D eigenvalue weighted by molar-refractivity contribution is 7.92. The number of para-hydroxylation sites is 1. The van der Waals surface area contributed by atoms with Crippen LogP contribution in [0.4, 0.5) is 5.69 Å². The molecule has 0 radical (unpaired) electrons. The fraction of sp³-hybridized carbons (Fsp3) is 0.278. The maximum absolute atomic E-state index is 14.3. The van der Waals surface area contributed by atoms with Gasteiger partial charge in [0.1, 0.15) is 24.1 Å². The average molecular weight is 628 g/mol. The number of ether oxygens (including phenoxy) is 1. The van der Waals surface area contributed by atoms with Crippen LogP contribution in [0.5, 0.6) is 11.5 Å². The van der Waals surface area contributed by atoms with Gasteiger partial charge in [-0.05, 0) is 93.8 Å². The molecule has 0 spiro atoms. The van der Waals surface area contributed by atoms with Crippen molar-refractivity contribution in [3.63, 3.8) is 0 Å². The highest BCUT2D eigenvalue weighted by atomic mass is 32.2. The Balaban J connectivity index is 1.74. The molecule has 0 aliphatic rings. The number of sulfonamides is 1. The van der Waals surface area contributed by atoms with Crippen molar-refractivity contribution in [1.82, 2.24) is 10.2 Å². The van der Waals surface area contributed by atoms with Crippen molar-refractivity contribution in [3.05, 3.63) is 120 Å². The SMILES string of the molecule is CC[C@@H](C(=O)NC(C)C)N(Cc1ccccc1C)C(=O)CN(c1ccc(Oc2ccccc2)cc1)S(=O)(=O)c1ccc(C)cc1. The summed E-state index contributed by atoms with van der Waals surface area (Å²) < 4.78 is 35.3. The van der Waals surface area contributed by atoms with Gasteiger partial charge in [-0.2, -0.15) is 0 Å². The van der Waals surface area contributed by atoms with Gasteiger partial charge in [-0.1, -0.05) is 67.1 Å². The van der Waals surface area contributed by atoms with Gasteiger partial charge in [0.25, 0.3) is 10.0 Å². The lowest BCUT2D eigenvalue weighted by molar-refractivity contribution is -0.140. The molecule has 4 aromatic rings. The molecular formula is C36H41N3O5S. The number of carbonyl (C=O) groups excluding carboxylic acids is 2. The molecule has 9 heteroatoms. The minimum atomic E-state index is -4.18. The molecule has 0 aliphatic carbocycles. The van der Waals surface area contributed by atoms with E-state index < -0.39 is 28.5 Å². The zero-order valence-corrected chi connectivity index (χ0v) is 27.3. The topological polar surface area (TPSA) is 96.0 Å². The Labute approximate surface area is 266 Å². The van der Waals surface area contributed by atoms with Crippen LogP contribution in [0.15, 0.2) is 108 Å². The van der Waals surface area contributed by atoms with Crippen LogP contribution in [0, 0.1) is 13.8 Å². The van der Waals surface area contributed by atoms with Crippen LogP contribution in [0.2, 0.25) is 0 Å². The van der Waals surface area contributed by atoms with Gasteiger partial charge in [0.15, 0.2) is 0 Å². The number of amides is 2. The number of nitrogens with one attached hydrogen (secondary N) is 1. The van der Waals surface area contributed by atoms with Gasteiger partial charge in [-0.3, -0.25) is 13.9 Å². The number of carbonyl (C=O) groups is 2. The molecule has 0 aromatic heterocycles. The largest absolute Gasteiger partial charge is 0.457 e. The van der Waals surface area contributed by atoms with Crippen molar-refractivity contribution >= 4 is 27.5 Å². The van der Waals surface area contributed by atoms with Gasteiger partial charge in [-0.15, -0.1) is 0 Å². The third kappa shape index (κ3) is 8.51. The van der Waals surface area contributed by atoms with Crippen molar-refractivity contribution in [2.75, 3.05) is 10.8 Å². The lowest BCUT2D eigenvalue weighted by Gasteiger charge is -2.34. The van der Waals surface area contributed by atoms with Crippen LogP contribution in [-0.2, 0) is 26.2 Å². The summed E-state index contributed by atoms with van der Waals surface area (Å²) in [5, 5.41) is 2.92. The van der Waals surface area contributed by atoms with Crippen LogP contribution >= 0.6 is 0 Å². The molecule has 0 bridgehead atoms. The Morgan fingerprint density at radius 1 is 0.800 bits per heavy atom. The average Bonchev–Trinajstić information content (AvgIpc) is 3.01. The van der Waals surface area contributed by atoms with Gasteiger partial charge in [0.05, 0.1) is 10.6 Å². The molecule has 4 aromatic carbocycles. The van der Waals surface area contributed by atoms with E-state index in [0.29, 0.717) is 23.6 Å². The molecule has 0 saturated heterocycles. The van der Waals surface area contributed by atoms with E-state index in [2.05, 4.69) is 5.32 Å². The highest BCUT2D eigenvalue weighted by Crippen LogP contribution is 2.29. The zero-order valence-electron chi connectivity index (χ0n) is 26.4. The molecule has 2 amide bonds. The first kappa shape index (κ1) is 33.3. The zero-order chi connectivity index (χ0) is 32.6. The smallest absolute Gasteiger partial charge is 0.264 e. The van der Waals surface area contributed by atoms with Gasteiger partial charge in [0, 0.05) is 12.6 Å². The maximum atomic E-state index is 14.3. The summed E-state index contributed by atoms with van der Waals surface area (Å²) in [5.74, 6) is 0.373. The molecule has 0 heterocycles. The van der Waals surface area contributed by atoms with Gasteiger partial charge < -0.3 is 15.0 Å². The van der Waals surface area contributed by atoms with Crippen molar-refractivity contribution in [3.8, 4) is 11.5 Å². The monoisotopic (exact) mass is 627 g/mol. The van der Waals surface area contributed by atoms with Crippen molar-refractivity contribution in [2.45, 2.75) is 64.6 Å². The Kier molecular flexibility index (Phi) is 11.0. The van der Waals surface area contributed by atoms with Crippen LogP contribution in [0.3, 0.4) is 0 Å². The second kappa shape index (κ2) is 14.9. The Bertz CT molecular complexity index is 1690. The minimum Gasteiger partial charge on any atom is -0.457 e. The summed E-state index contributed by atoms with van der Waals surface area (Å²) >= 11 is 0.